The Hall–Kier alpha value is -2.53. The predicted molar refractivity (Wildman–Crippen MR) is 103 cm³/mol. The maximum Gasteiger partial charge on any atom is 0.171 e. The van der Waals surface area contributed by atoms with Gasteiger partial charge in [0.1, 0.15) is 18.1 Å². The highest BCUT2D eigenvalue weighted by Gasteiger charge is 2.07. The summed E-state index contributed by atoms with van der Waals surface area (Å²) in [4.78, 5) is 0. The van der Waals surface area contributed by atoms with Gasteiger partial charge in [-0.3, -0.25) is 0 Å². The Morgan fingerprint density at radius 3 is 2.33 bits per heavy atom. The van der Waals surface area contributed by atoms with Crippen LogP contribution in [-0.4, -0.2) is 18.8 Å². The third-order valence-corrected chi connectivity index (χ3v) is 3.66. The van der Waals surface area contributed by atoms with Gasteiger partial charge in [-0.05, 0) is 61.1 Å². The summed E-state index contributed by atoms with van der Waals surface area (Å²) in [5, 5.41) is 7.00. The molecule has 0 aromatic heterocycles. The molecule has 0 aliphatic carbocycles. The summed E-state index contributed by atoms with van der Waals surface area (Å²) in [7, 11) is 1.66. The van der Waals surface area contributed by atoms with E-state index in [0.29, 0.717) is 11.7 Å². The van der Waals surface area contributed by atoms with Crippen molar-refractivity contribution in [2.45, 2.75) is 13.0 Å². The van der Waals surface area contributed by atoms with Crippen LogP contribution in [0.3, 0.4) is 0 Å². The van der Waals surface area contributed by atoms with Crippen LogP contribution in [0.15, 0.2) is 61.2 Å². The Morgan fingerprint density at radius 2 is 1.75 bits per heavy atom. The first kappa shape index (κ1) is 17.8. The molecule has 0 amide bonds. The van der Waals surface area contributed by atoms with Gasteiger partial charge in [0, 0.05) is 5.69 Å². The summed E-state index contributed by atoms with van der Waals surface area (Å²) in [6, 6.07) is 15.6. The monoisotopic (exact) mass is 342 g/mol. The van der Waals surface area contributed by atoms with Gasteiger partial charge in [0.25, 0.3) is 0 Å². The number of ether oxygens (including phenoxy) is 2. The van der Waals surface area contributed by atoms with Crippen LogP contribution in [0, 0.1) is 0 Å². The first-order valence-electron chi connectivity index (χ1n) is 7.67. The first-order chi connectivity index (χ1) is 11.6. The van der Waals surface area contributed by atoms with E-state index >= 15 is 0 Å². The molecular weight excluding hydrogens is 320 g/mol. The summed E-state index contributed by atoms with van der Waals surface area (Å²) < 4.78 is 10.6. The van der Waals surface area contributed by atoms with Crippen molar-refractivity contribution in [1.29, 1.82) is 0 Å². The highest BCUT2D eigenvalue weighted by Crippen LogP contribution is 2.18. The van der Waals surface area contributed by atoms with Crippen molar-refractivity contribution in [3.8, 4) is 11.5 Å². The maximum absolute atomic E-state index is 5.45. The van der Waals surface area contributed by atoms with Gasteiger partial charge < -0.3 is 20.1 Å². The number of thiocarbonyl (C=S) groups is 1. The SMILES string of the molecule is C=CCOc1ccc(NC(=S)NC(C)c2ccc(OC)cc2)cc1. The zero-order valence-corrected chi connectivity index (χ0v) is 14.7. The average Bonchev–Trinajstić information content (AvgIpc) is 2.61. The van der Waals surface area contributed by atoms with Gasteiger partial charge in [-0.2, -0.15) is 0 Å². The topological polar surface area (TPSA) is 42.5 Å². The fraction of sp³-hybridized carbons (Fsp3) is 0.211. The van der Waals surface area contributed by atoms with Crippen molar-refractivity contribution in [2.75, 3.05) is 19.0 Å². The van der Waals surface area contributed by atoms with Gasteiger partial charge in [0.05, 0.1) is 13.2 Å². The van der Waals surface area contributed by atoms with E-state index in [1.807, 2.05) is 48.5 Å². The van der Waals surface area contributed by atoms with E-state index in [2.05, 4.69) is 24.1 Å². The summed E-state index contributed by atoms with van der Waals surface area (Å²) in [5.41, 5.74) is 2.04. The van der Waals surface area contributed by atoms with Crippen LogP contribution in [0.5, 0.6) is 11.5 Å². The lowest BCUT2D eigenvalue weighted by molar-refractivity contribution is 0.363. The van der Waals surface area contributed by atoms with Gasteiger partial charge in [-0.1, -0.05) is 24.8 Å². The molecule has 2 N–H and O–H groups in total. The van der Waals surface area contributed by atoms with Gasteiger partial charge in [0.2, 0.25) is 0 Å². The number of hydrogen-bond donors (Lipinski definition) is 2. The third kappa shape index (κ3) is 5.28. The molecule has 0 fully saturated rings. The lowest BCUT2D eigenvalue weighted by Gasteiger charge is -2.18. The fourth-order valence-corrected chi connectivity index (χ4v) is 2.42. The Bertz CT molecular complexity index is 669. The van der Waals surface area contributed by atoms with Crippen LogP contribution in [0.1, 0.15) is 18.5 Å². The third-order valence-electron chi connectivity index (χ3n) is 3.44. The molecule has 0 bridgehead atoms. The smallest absolute Gasteiger partial charge is 0.171 e. The van der Waals surface area contributed by atoms with Gasteiger partial charge in [-0.25, -0.2) is 0 Å². The molecule has 0 aliphatic heterocycles. The second kappa shape index (κ2) is 8.93. The molecule has 4 nitrogen and oxygen atoms in total. The molecule has 1 atom stereocenters. The highest BCUT2D eigenvalue weighted by molar-refractivity contribution is 7.80. The molecule has 2 rings (SSSR count). The molecule has 0 saturated heterocycles. The number of hydrogen-bond acceptors (Lipinski definition) is 3. The summed E-state index contributed by atoms with van der Waals surface area (Å²) in [6.07, 6.45) is 1.71. The van der Waals surface area contributed by atoms with Crippen molar-refractivity contribution in [3.05, 3.63) is 66.7 Å². The number of anilines is 1. The van der Waals surface area contributed by atoms with Crippen molar-refractivity contribution in [2.24, 2.45) is 0 Å². The van der Waals surface area contributed by atoms with Gasteiger partial charge in [-0.15, -0.1) is 0 Å². The molecule has 2 aromatic rings. The minimum atomic E-state index is 0.0890. The van der Waals surface area contributed by atoms with E-state index in [0.717, 1.165) is 22.7 Å². The zero-order valence-electron chi connectivity index (χ0n) is 13.9. The number of benzene rings is 2. The van der Waals surface area contributed by atoms with Crippen LogP contribution in [0.2, 0.25) is 0 Å². The second-order valence-corrected chi connectivity index (χ2v) is 5.63. The second-order valence-electron chi connectivity index (χ2n) is 5.22. The lowest BCUT2D eigenvalue weighted by Crippen LogP contribution is -2.30. The minimum Gasteiger partial charge on any atom is -0.497 e. The largest absolute Gasteiger partial charge is 0.497 e. The molecule has 0 aliphatic rings. The standard InChI is InChI=1S/C19H22N2O2S/c1-4-13-23-18-11-7-16(8-12-18)21-19(24)20-14(2)15-5-9-17(22-3)10-6-15/h4-12,14H,1,13H2,2-3H3,(H2,20,21,24). The molecule has 0 saturated carbocycles. The molecule has 2 aromatic carbocycles. The van der Waals surface area contributed by atoms with Gasteiger partial charge >= 0.3 is 0 Å². The quantitative estimate of drug-likeness (QED) is 0.580. The summed E-state index contributed by atoms with van der Waals surface area (Å²) in [5.74, 6) is 1.64. The fourth-order valence-electron chi connectivity index (χ4n) is 2.13. The van der Waals surface area contributed by atoms with Crippen LogP contribution >= 0.6 is 12.2 Å². The Labute approximate surface area is 148 Å². The van der Waals surface area contributed by atoms with Gasteiger partial charge in [0.15, 0.2) is 5.11 Å². The van der Waals surface area contributed by atoms with Crippen LogP contribution < -0.4 is 20.1 Å². The lowest BCUT2D eigenvalue weighted by atomic mass is 10.1. The molecule has 0 spiro atoms. The van der Waals surface area contributed by atoms with Crippen molar-refractivity contribution >= 4 is 23.0 Å². The Kier molecular flexibility index (Phi) is 6.63. The zero-order chi connectivity index (χ0) is 17.4. The van der Waals surface area contributed by atoms with Crippen LogP contribution in [-0.2, 0) is 0 Å². The molecule has 1 unspecified atom stereocenters. The highest BCUT2D eigenvalue weighted by atomic mass is 32.1. The summed E-state index contributed by atoms with van der Waals surface area (Å²) in [6.45, 7) is 6.17. The molecule has 126 valence electrons. The van der Waals surface area contributed by atoms with Crippen LogP contribution in [0.25, 0.3) is 0 Å². The Balaban J connectivity index is 1.88. The predicted octanol–water partition coefficient (Wildman–Crippen LogP) is 4.31. The van der Waals surface area contributed by atoms with E-state index in [4.69, 9.17) is 21.7 Å². The van der Waals surface area contributed by atoms with E-state index < -0.39 is 0 Å². The maximum atomic E-state index is 5.45. The van der Waals surface area contributed by atoms with Crippen molar-refractivity contribution < 1.29 is 9.47 Å². The van der Waals surface area contributed by atoms with E-state index in [1.54, 1.807) is 13.2 Å². The molecule has 24 heavy (non-hydrogen) atoms. The number of nitrogens with one attached hydrogen (secondary N) is 2. The normalized spacial score (nSPS) is 11.2. The molecule has 5 heteroatoms. The van der Waals surface area contributed by atoms with E-state index in [1.165, 1.54) is 0 Å². The minimum absolute atomic E-state index is 0.0890. The number of rotatable bonds is 7. The van der Waals surface area contributed by atoms with E-state index in [9.17, 15) is 0 Å². The van der Waals surface area contributed by atoms with Crippen molar-refractivity contribution in [1.82, 2.24) is 5.32 Å². The summed E-state index contributed by atoms with van der Waals surface area (Å²) >= 11 is 5.37. The van der Waals surface area contributed by atoms with Crippen LogP contribution in [0.4, 0.5) is 5.69 Å². The average molecular weight is 342 g/mol. The number of methoxy groups -OCH3 is 1. The molecular formula is C19H22N2O2S. The van der Waals surface area contributed by atoms with Crippen molar-refractivity contribution in [3.63, 3.8) is 0 Å². The first-order valence-corrected chi connectivity index (χ1v) is 8.08. The Morgan fingerprint density at radius 1 is 1.12 bits per heavy atom. The van der Waals surface area contributed by atoms with E-state index in [-0.39, 0.29) is 6.04 Å². The molecule has 0 radical (unpaired) electrons. The molecule has 0 heterocycles.